The number of hydrogen-bond donors (Lipinski definition) is 5. The minimum atomic E-state index is -0.534. The summed E-state index contributed by atoms with van der Waals surface area (Å²) in [7, 11) is 3.15. The molecule has 7 N–H and O–H groups in total. The van der Waals surface area contributed by atoms with Crippen LogP contribution in [0.15, 0.2) is 59.8 Å². The van der Waals surface area contributed by atoms with Gasteiger partial charge in [-0.25, -0.2) is 10.6 Å². The monoisotopic (exact) mass is 665 g/mol. The molecule has 1 amide bonds. The van der Waals surface area contributed by atoms with E-state index < -0.39 is 12.1 Å². The van der Waals surface area contributed by atoms with Crippen LogP contribution in [0.2, 0.25) is 5.02 Å². The number of nitrogens with zero attached hydrogens (tertiary/aromatic N) is 4. The Morgan fingerprint density at radius 3 is 2.66 bits per heavy atom. The molecule has 15 heteroatoms. The molecule has 0 aliphatic carbocycles. The zero-order chi connectivity index (χ0) is 34.2. The molecule has 2 atom stereocenters. The minimum Gasteiger partial charge on any atom is -0.471 e. The first-order chi connectivity index (χ1) is 22.7. The molecular weight excluding hydrogens is 626 g/mol. The number of ether oxygens (including phenoxy) is 2. The predicted molar refractivity (Wildman–Crippen MR) is 183 cm³/mol. The second-order valence-corrected chi connectivity index (χ2v) is 10.7. The number of carbonyl (C=O) groups is 3. The van der Waals surface area contributed by atoms with Crippen molar-refractivity contribution in [3.63, 3.8) is 0 Å². The summed E-state index contributed by atoms with van der Waals surface area (Å²) in [6, 6.07) is 11.9. The number of hydrogen-bond acceptors (Lipinski definition) is 12. The van der Waals surface area contributed by atoms with Gasteiger partial charge in [0.25, 0.3) is 6.47 Å². The number of hydrazine groups is 1. The molecule has 0 fully saturated rings. The maximum absolute atomic E-state index is 13.2. The molecule has 2 aromatic carbocycles. The van der Waals surface area contributed by atoms with Crippen molar-refractivity contribution in [3.8, 4) is 11.1 Å². The topological polar surface area (TPSA) is 199 Å². The normalized spacial score (nSPS) is 15.9. The van der Waals surface area contributed by atoms with Crippen molar-refractivity contribution in [1.29, 1.82) is 0 Å². The van der Waals surface area contributed by atoms with E-state index in [0.717, 1.165) is 28.9 Å². The third-order valence-electron chi connectivity index (χ3n) is 7.07. The van der Waals surface area contributed by atoms with Crippen LogP contribution in [0.5, 0.6) is 0 Å². The largest absolute Gasteiger partial charge is 0.471 e. The first-order valence-corrected chi connectivity index (χ1v) is 15.2. The van der Waals surface area contributed by atoms with E-state index in [4.69, 9.17) is 32.8 Å². The van der Waals surface area contributed by atoms with Crippen LogP contribution in [0.3, 0.4) is 0 Å². The van der Waals surface area contributed by atoms with Crippen LogP contribution < -0.4 is 32.6 Å². The molecule has 2 bridgehead atoms. The number of benzene rings is 2. The Balaban J connectivity index is 0.00000142. The summed E-state index contributed by atoms with van der Waals surface area (Å²) in [4.78, 5) is 35.0. The van der Waals surface area contributed by atoms with Crippen molar-refractivity contribution in [3.05, 3.63) is 71.0 Å². The quantitative estimate of drug-likeness (QED) is 0.0419. The van der Waals surface area contributed by atoms with Gasteiger partial charge in [0.05, 0.1) is 37.3 Å². The van der Waals surface area contributed by atoms with E-state index in [2.05, 4.69) is 36.0 Å². The number of carbonyl (C=O) groups excluding carboxylic acids is 3. The van der Waals surface area contributed by atoms with Gasteiger partial charge in [0, 0.05) is 46.2 Å². The Bertz CT molecular complexity index is 1570. The van der Waals surface area contributed by atoms with E-state index in [-0.39, 0.29) is 11.9 Å². The van der Waals surface area contributed by atoms with Crippen LogP contribution >= 0.6 is 11.6 Å². The Labute approximate surface area is 278 Å². The molecule has 2 heterocycles. The maximum Gasteiger partial charge on any atom is 0.328 e. The fourth-order valence-corrected chi connectivity index (χ4v) is 5.04. The van der Waals surface area contributed by atoms with Gasteiger partial charge in [-0.15, -0.1) is 0 Å². The van der Waals surface area contributed by atoms with Gasteiger partial charge in [-0.05, 0) is 62.2 Å². The van der Waals surface area contributed by atoms with Crippen molar-refractivity contribution in [2.75, 3.05) is 36.4 Å². The lowest BCUT2D eigenvalue weighted by Crippen LogP contribution is -2.32. The number of nitrogens with one attached hydrogen (secondary N) is 3. The van der Waals surface area contributed by atoms with Crippen LogP contribution in [-0.4, -0.2) is 61.7 Å². The van der Waals surface area contributed by atoms with Gasteiger partial charge in [-0.1, -0.05) is 30.5 Å². The van der Waals surface area contributed by atoms with Gasteiger partial charge < -0.3 is 31.3 Å². The average Bonchev–Trinajstić information content (AvgIpc) is 3.07. The summed E-state index contributed by atoms with van der Waals surface area (Å²) < 4.78 is 9.23. The highest BCUT2D eigenvalue weighted by atomic mass is 35.5. The van der Waals surface area contributed by atoms with Gasteiger partial charge in [-0.3, -0.25) is 14.6 Å². The molecule has 250 valence electrons. The number of methoxy groups -OCH3 is 1. The molecule has 0 saturated heterocycles. The van der Waals surface area contributed by atoms with E-state index in [0.29, 0.717) is 54.3 Å². The number of hydrazone groups is 1. The number of esters is 1. The second-order valence-electron chi connectivity index (χ2n) is 10.2. The first kappa shape index (κ1) is 36.3. The molecule has 14 nitrogen and oxygen atoms in total. The molecule has 0 radical (unpaired) electrons. The van der Waals surface area contributed by atoms with Crippen molar-refractivity contribution >= 4 is 59.4 Å². The number of aromatic nitrogens is 2. The van der Waals surface area contributed by atoms with E-state index in [1.165, 1.54) is 24.5 Å². The summed E-state index contributed by atoms with van der Waals surface area (Å²) in [6.45, 7) is 2.46. The molecule has 1 aliphatic heterocycles. The summed E-state index contributed by atoms with van der Waals surface area (Å²) in [5.74, 6) is 10.6. The van der Waals surface area contributed by atoms with E-state index in [9.17, 15) is 9.59 Å². The molecule has 4 rings (SSSR count). The Hall–Kier alpha value is -5.21. The summed E-state index contributed by atoms with van der Waals surface area (Å²) >= 11 is 6.19. The summed E-state index contributed by atoms with van der Waals surface area (Å²) in [5, 5.41) is 23.4. The number of amides is 1. The van der Waals surface area contributed by atoms with E-state index in [1.807, 2.05) is 31.3 Å². The highest BCUT2D eigenvalue weighted by molar-refractivity contribution is 6.30. The number of rotatable bonds is 9. The molecule has 0 spiro atoms. The van der Waals surface area contributed by atoms with Crippen molar-refractivity contribution in [1.82, 2.24) is 15.5 Å². The van der Waals surface area contributed by atoms with Gasteiger partial charge in [0.1, 0.15) is 12.4 Å². The van der Waals surface area contributed by atoms with Gasteiger partial charge in [0.15, 0.2) is 0 Å². The van der Waals surface area contributed by atoms with Crippen LogP contribution in [0.4, 0.5) is 17.1 Å². The van der Waals surface area contributed by atoms with Crippen LogP contribution in [0.25, 0.3) is 17.2 Å². The third kappa shape index (κ3) is 10.7. The second kappa shape index (κ2) is 18.7. The van der Waals surface area contributed by atoms with Crippen molar-refractivity contribution < 1.29 is 23.9 Å². The highest BCUT2D eigenvalue weighted by Gasteiger charge is 2.24. The molecule has 47 heavy (non-hydrogen) atoms. The van der Waals surface area contributed by atoms with Gasteiger partial charge in [0.2, 0.25) is 5.91 Å². The lowest BCUT2D eigenvalue weighted by molar-refractivity contribution is -0.144. The number of halogens is 1. The number of nitrogens with two attached hydrogens (primary N) is 2. The molecule has 3 aromatic rings. The highest BCUT2D eigenvalue weighted by Crippen LogP contribution is 2.34. The minimum absolute atomic E-state index is 0.292. The van der Waals surface area contributed by atoms with E-state index >= 15 is 0 Å². The van der Waals surface area contributed by atoms with Gasteiger partial charge in [-0.2, -0.15) is 15.3 Å². The lowest BCUT2D eigenvalue weighted by atomic mass is 9.97. The van der Waals surface area contributed by atoms with Crippen LogP contribution in [0, 0.1) is 0 Å². The third-order valence-corrected chi connectivity index (χ3v) is 7.31. The predicted octanol–water partition coefficient (Wildman–Crippen LogP) is 4.00. The van der Waals surface area contributed by atoms with Crippen LogP contribution in [-0.2, 0) is 23.9 Å². The average molecular weight is 666 g/mol. The van der Waals surface area contributed by atoms with Crippen LogP contribution in [0.1, 0.15) is 49.9 Å². The number of anilines is 3. The molecule has 1 aromatic heterocycles. The SMILES string of the molecule is CCOC(=O)[C@@H]1CCCCC(NC(=O)/C=C/c2cc(Cl)ccc2N(N)/C=N\N)c2cc(cnn2)-c2ccc(NC)cc2N1.COC=O. The Morgan fingerprint density at radius 1 is 1.19 bits per heavy atom. The zero-order valence-electron chi connectivity index (χ0n) is 26.5. The number of fused-ring (bicyclic) bond motifs is 4. The fraction of sp³-hybridized carbons (Fsp3) is 0.312. The van der Waals surface area contributed by atoms with E-state index in [1.54, 1.807) is 37.4 Å². The van der Waals surface area contributed by atoms with Crippen molar-refractivity contribution in [2.24, 2.45) is 16.8 Å². The molecular formula is C32H40ClN9O5. The van der Waals surface area contributed by atoms with Crippen molar-refractivity contribution in [2.45, 2.75) is 44.7 Å². The Kier molecular flexibility index (Phi) is 14.4. The standard InChI is InChI=1S/C30H36ClN9O3.C2H4O2/c1-3-43-30(42)25-7-5-4-6-24(27-15-20(17-36-39-27)23-11-10-22(34-2)16-26(23)37-25)38-29(41)13-8-19-14-21(31)9-12-28(19)40(33)18-35-32;1-4-2-3/h8-18,24-25,34,37H,3-7,32-33H2,1-2H3,(H,38,41);2H,1H3/b13-8+,35-18-;/t24?,25-;/m0./s1. The van der Waals surface area contributed by atoms with Gasteiger partial charge >= 0.3 is 5.97 Å². The lowest BCUT2D eigenvalue weighted by Gasteiger charge is -2.24. The summed E-state index contributed by atoms with van der Waals surface area (Å²) in [5.41, 5.74) is 5.06. The maximum atomic E-state index is 13.2. The Morgan fingerprint density at radius 2 is 1.96 bits per heavy atom. The summed E-state index contributed by atoms with van der Waals surface area (Å²) in [6.07, 6.45) is 8.52. The fourth-order valence-electron chi connectivity index (χ4n) is 4.86. The smallest absolute Gasteiger partial charge is 0.328 e. The zero-order valence-corrected chi connectivity index (χ0v) is 27.2. The molecule has 1 aliphatic rings. The molecule has 1 unspecified atom stereocenters. The first-order valence-electron chi connectivity index (χ1n) is 14.8. The molecule has 0 saturated carbocycles.